The highest BCUT2D eigenvalue weighted by atomic mass is 16.5. The van der Waals surface area contributed by atoms with Crippen LogP contribution in [0.1, 0.15) is 11.1 Å². The maximum Gasteiger partial charge on any atom is 0.120 e. The molecule has 4 nitrogen and oxygen atoms in total. The zero-order valence-corrected chi connectivity index (χ0v) is 12.2. The monoisotopic (exact) mass is 282 g/mol. The van der Waals surface area contributed by atoms with Gasteiger partial charge in [-0.3, -0.25) is 0 Å². The first-order chi connectivity index (χ1) is 10.2. The summed E-state index contributed by atoms with van der Waals surface area (Å²) in [6.07, 6.45) is 0. The lowest BCUT2D eigenvalue weighted by atomic mass is 10.1. The Morgan fingerprint density at radius 2 is 1.71 bits per heavy atom. The summed E-state index contributed by atoms with van der Waals surface area (Å²) in [5, 5.41) is 12.8. The number of hydrogen-bond donors (Lipinski definition) is 1. The van der Waals surface area contributed by atoms with Crippen LogP contribution in [0.25, 0.3) is 11.1 Å². The van der Waals surface area contributed by atoms with Crippen LogP contribution in [0.4, 0.5) is 0 Å². The van der Waals surface area contributed by atoms with Gasteiger partial charge in [-0.2, -0.15) is 0 Å². The second kappa shape index (κ2) is 5.58. The van der Waals surface area contributed by atoms with Crippen molar-refractivity contribution in [2.45, 2.75) is 0 Å². The van der Waals surface area contributed by atoms with Crippen molar-refractivity contribution < 1.29 is 9.94 Å². The van der Waals surface area contributed by atoms with E-state index in [1.165, 1.54) is 0 Å². The van der Waals surface area contributed by atoms with Crippen LogP contribution in [-0.4, -0.2) is 43.1 Å². The van der Waals surface area contributed by atoms with Crippen molar-refractivity contribution in [2.75, 3.05) is 27.2 Å². The Bertz CT molecular complexity index is 693. The molecule has 4 heteroatoms. The molecule has 2 aromatic carbocycles. The maximum atomic E-state index is 9.34. The summed E-state index contributed by atoms with van der Waals surface area (Å²) in [7, 11) is 4.03. The van der Waals surface area contributed by atoms with Gasteiger partial charge in [-0.15, -0.1) is 0 Å². The van der Waals surface area contributed by atoms with Crippen LogP contribution in [-0.2, 0) is 0 Å². The van der Waals surface area contributed by atoms with Gasteiger partial charge in [0.15, 0.2) is 0 Å². The smallest absolute Gasteiger partial charge is 0.120 e. The van der Waals surface area contributed by atoms with E-state index in [0.29, 0.717) is 12.3 Å². The molecule has 0 aromatic heterocycles. The highest BCUT2D eigenvalue weighted by molar-refractivity contribution is 6.24. The molecule has 0 radical (unpaired) electrons. The average molecular weight is 282 g/mol. The Kier molecular flexibility index (Phi) is 3.62. The van der Waals surface area contributed by atoms with E-state index in [9.17, 15) is 5.21 Å². The predicted octanol–water partition coefficient (Wildman–Crippen LogP) is 2.83. The first-order valence-electron chi connectivity index (χ1n) is 6.94. The van der Waals surface area contributed by atoms with E-state index >= 15 is 0 Å². The molecular weight excluding hydrogens is 264 g/mol. The van der Waals surface area contributed by atoms with E-state index in [1.54, 1.807) is 0 Å². The number of nitrogens with zero attached hydrogens (tertiary/aromatic N) is 2. The fourth-order valence-corrected chi connectivity index (χ4v) is 2.57. The highest BCUT2D eigenvalue weighted by Gasteiger charge is 2.25. The van der Waals surface area contributed by atoms with Gasteiger partial charge >= 0.3 is 0 Å². The van der Waals surface area contributed by atoms with Gasteiger partial charge < -0.3 is 14.8 Å². The van der Waals surface area contributed by atoms with Crippen molar-refractivity contribution in [1.82, 2.24) is 4.90 Å². The lowest BCUT2D eigenvalue weighted by molar-refractivity contribution is 0.261. The van der Waals surface area contributed by atoms with Gasteiger partial charge in [-0.05, 0) is 43.4 Å². The average Bonchev–Trinajstić information content (AvgIpc) is 2.80. The van der Waals surface area contributed by atoms with Crippen LogP contribution < -0.4 is 4.74 Å². The molecule has 0 atom stereocenters. The van der Waals surface area contributed by atoms with Crippen LogP contribution in [0.15, 0.2) is 47.6 Å². The lowest BCUT2D eigenvalue weighted by Crippen LogP contribution is -2.19. The zero-order valence-electron chi connectivity index (χ0n) is 12.2. The summed E-state index contributed by atoms with van der Waals surface area (Å²) in [6.45, 7) is 1.49. The predicted molar refractivity (Wildman–Crippen MR) is 83.4 cm³/mol. The van der Waals surface area contributed by atoms with Crippen LogP contribution in [0.5, 0.6) is 5.75 Å². The van der Waals surface area contributed by atoms with Crippen LogP contribution in [0, 0.1) is 0 Å². The molecule has 0 unspecified atom stereocenters. The van der Waals surface area contributed by atoms with Gasteiger partial charge in [0.25, 0.3) is 0 Å². The van der Waals surface area contributed by atoms with Crippen molar-refractivity contribution >= 4 is 5.71 Å². The summed E-state index contributed by atoms with van der Waals surface area (Å²) in [4.78, 5) is 2.07. The third-order valence-electron chi connectivity index (χ3n) is 3.63. The van der Waals surface area contributed by atoms with Crippen molar-refractivity contribution in [1.29, 1.82) is 0 Å². The number of oxime groups is 1. The molecule has 0 bridgehead atoms. The number of fused-ring (bicyclic) bond motifs is 3. The molecule has 0 saturated heterocycles. The van der Waals surface area contributed by atoms with E-state index < -0.39 is 0 Å². The molecule has 1 N–H and O–H groups in total. The van der Waals surface area contributed by atoms with Crippen molar-refractivity contribution in [3.63, 3.8) is 0 Å². The van der Waals surface area contributed by atoms with Gasteiger partial charge in [0.2, 0.25) is 0 Å². The minimum atomic E-state index is 0.610. The van der Waals surface area contributed by atoms with Gasteiger partial charge in [0, 0.05) is 17.7 Å². The summed E-state index contributed by atoms with van der Waals surface area (Å²) in [5.41, 5.74) is 4.67. The lowest BCUT2D eigenvalue weighted by Gasteiger charge is -2.11. The Balaban J connectivity index is 1.92. The molecular formula is C17H18N2O2. The van der Waals surface area contributed by atoms with Crippen molar-refractivity contribution in [3.05, 3.63) is 53.6 Å². The van der Waals surface area contributed by atoms with Crippen molar-refractivity contribution in [2.24, 2.45) is 5.16 Å². The third-order valence-corrected chi connectivity index (χ3v) is 3.63. The molecule has 0 amide bonds. The standard InChI is InChI=1S/C17H18N2O2/c1-19(2)9-10-21-12-7-8-14-13-5-3-4-6-15(13)17(18-20)16(14)11-12/h3-8,11,20H,9-10H2,1-2H3/b18-17+. The summed E-state index contributed by atoms with van der Waals surface area (Å²) in [6, 6.07) is 13.9. The Morgan fingerprint density at radius 1 is 1.00 bits per heavy atom. The third kappa shape index (κ3) is 2.50. The number of likely N-dealkylation sites (N-methyl/N-ethyl adjacent to an activating group) is 1. The molecule has 0 saturated carbocycles. The van der Waals surface area contributed by atoms with Crippen LogP contribution in [0.3, 0.4) is 0 Å². The first-order valence-corrected chi connectivity index (χ1v) is 6.94. The van der Waals surface area contributed by atoms with Crippen molar-refractivity contribution in [3.8, 4) is 16.9 Å². The second-order valence-corrected chi connectivity index (χ2v) is 5.35. The topological polar surface area (TPSA) is 45.1 Å². The SMILES string of the molecule is CN(C)CCOc1ccc2c(c1)/C(=N/O)c1ccccc1-2. The van der Waals surface area contributed by atoms with E-state index in [0.717, 1.165) is 34.5 Å². The van der Waals surface area contributed by atoms with Gasteiger partial charge in [-0.25, -0.2) is 0 Å². The van der Waals surface area contributed by atoms with Crippen LogP contribution >= 0.6 is 0 Å². The number of benzene rings is 2. The van der Waals surface area contributed by atoms with Crippen LogP contribution in [0.2, 0.25) is 0 Å². The molecule has 21 heavy (non-hydrogen) atoms. The summed E-state index contributed by atoms with van der Waals surface area (Å²) >= 11 is 0. The fraction of sp³-hybridized carbons (Fsp3) is 0.235. The Hall–Kier alpha value is -2.33. The van der Waals surface area contributed by atoms with Gasteiger partial charge in [-0.1, -0.05) is 29.4 Å². The van der Waals surface area contributed by atoms with Gasteiger partial charge in [0.1, 0.15) is 18.1 Å². The minimum absolute atomic E-state index is 0.610. The number of rotatable bonds is 4. The molecule has 1 aliphatic rings. The summed E-state index contributed by atoms with van der Waals surface area (Å²) in [5.74, 6) is 0.796. The number of hydrogen-bond acceptors (Lipinski definition) is 4. The maximum absolute atomic E-state index is 9.34. The highest BCUT2D eigenvalue weighted by Crippen LogP contribution is 2.38. The Labute approximate surface area is 124 Å². The summed E-state index contributed by atoms with van der Waals surface area (Å²) < 4.78 is 5.76. The molecule has 108 valence electrons. The Morgan fingerprint density at radius 3 is 2.43 bits per heavy atom. The molecule has 2 aromatic rings. The minimum Gasteiger partial charge on any atom is -0.492 e. The molecule has 0 fully saturated rings. The normalized spacial score (nSPS) is 14.3. The molecule has 1 aliphatic carbocycles. The fourth-order valence-electron chi connectivity index (χ4n) is 2.57. The van der Waals surface area contributed by atoms with E-state index in [-0.39, 0.29) is 0 Å². The molecule has 3 rings (SSSR count). The van der Waals surface area contributed by atoms with E-state index in [1.807, 2.05) is 56.6 Å². The quantitative estimate of drug-likeness (QED) is 0.591. The first kappa shape index (κ1) is 13.6. The van der Waals surface area contributed by atoms with E-state index in [2.05, 4.69) is 10.1 Å². The molecule has 0 spiro atoms. The number of ether oxygens (including phenoxy) is 1. The van der Waals surface area contributed by atoms with Gasteiger partial charge in [0.05, 0.1) is 0 Å². The largest absolute Gasteiger partial charge is 0.492 e. The zero-order chi connectivity index (χ0) is 14.8. The van der Waals surface area contributed by atoms with E-state index in [4.69, 9.17) is 4.74 Å². The molecule has 0 heterocycles. The second-order valence-electron chi connectivity index (χ2n) is 5.35. The molecule has 0 aliphatic heterocycles.